The topological polar surface area (TPSA) is 46.1 Å². The van der Waals surface area contributed by atoms with Gasteiger partial charge in [-0.1, -0.05) is 106 Å². The van der Waals surface area contributed by atoms with Crippen LogP contribution in [0.1, 0.15) is 28.1 Å². The summed E-state index contributed by atoms with van der Waals surface area (Å²) in [6.07, 6.45) is 0. The Balaban J connectivity index is 1.69. The summed E-state index contributed by atoms with van der Waals surface area (Å²) in [4.78, 5) is 0. The normalized spacial score (nSPS) is 11.4. The molecule has 0 spiro atoms. The minimum absolute atomic E-state index is 0.768. The van der Waals surface area contributed by atoms with Gasteiger partial charge in [0.1, 0.15) is 11.4 Å². The minimum Gasteiger partial charge on any atom is -0.278 e. The van der Waals surface area contributed by atoms with Gasteiger partial charge in [-0.3, -0.25) is 5.43 Å². The number of nitrogens with one attached hydrogen (secondary N) is 1. The molecule has 0 aliphatic heterocycles. The van der Waals surface area contributed by atoms with Gasteiger partial charge in [-0.25, -0.2) is 0 Å². The van der Waals surface area contributed by atoms with Crippen molar-refractivity contribution in [3.8, 4) is 22.8 Å². The third-order valence-corrected chi connectivity index (χ3v) is 7.03. The Bertz CT molecular complexity index is 1780. The standard InChI is InChI=1S/C36H31N5/c1-26-14-20-29(21-15-26)34(38-37-31-10-6-4-7-11-31)36-40(32-24-18-28(3)19-25-32)35(30-22-16-27(2)17-23-30)39-41(36)33-12-8-5-9-13-33/h4-25H,1-3H3/p+1. The van der Waals surface area contributed by atoms with E-state index in [2.05, 4.69) is 116 Å². The number of aromatic nitrogens is 3. The van der Waals surface area contributed by atoms with Crippen LogP contribution >= 0.6 is 0 Å². The average Bonchev–Trinajstić information content (AvgIpc) is 3.40. The molecule has 5 aromatic carbocycles. The lowest BCUT2D eigenvalue weighted by atomic mass is 10.1. The van der Waals surface area contributed by atoms with E-state index < -0.39 is 0 Å². The van der Waals surface area contributed by atoms with Crippen molar-refractivity contribution in [3.63, 3.8) is 0 Å². The van der Waals surface area contributed by atoms with E-state index in [9.17, 15) is 0 Å². The number of para-hydroxylation sites is 2. The second kappa shape index (κ2) is 11.4. The third kappa shape index (κ3) is 5.56. The quantitative estimate of drug-likeness (QED) is 0.130. The third-order valence-electron chi connectivity index (χ3n) is 7.03. The van der Waals surface area contributed by atoms with E-state index in [1.54, 1.807) is 0 Å². The van der Waals surface area contributed by atoms with E-state index in [0.717, 1.165) is 45.5 Å². The first-order valence-electron chi connectivity index (χ1n) is 13.8. The van der Waals surface area contributed by atoms with E-state index in [-0.39, 0.29) is 0 Å². The van der Waals surface area contributed by atoms with Gasteiger partial charge < -0.3 is 0 Å². The summed E-state index contributed by atoms with van der Waals surface area (Å²) in [6, 6.07) is 45.8. The van der Waals surface area contributed by atoms with Crippen molar-refractivity contribution >= 4 is 11.4 Å². The maximum Gasteiger partial charge on any atom is 0.314 e. The molecule has 0 atom stereocenters. The van der Waals surface area contributed by atoms with Crippen LogP contribution in [0.3, 0.4) is 0 Å². The number of benzene rings is 5. The Labute approximate surface area is 241 Å². The summed E-state index contributed by atoms with van der Waals surface area (Å²) in [5.41, 5.74) is 12.5. The van der Waals surface area contributed by atoms with Crippen molar-refractivity contribution in [2.24, 2.45) is 5.10 Å². The fraction of sp³-hybridized carbons (Fsp3) is 0.0833. The zero-order valence-electron chi connectivity index (χ0n) is 23.5. The molecule has 0 bridgehead atoms. The highest BCUT2D eigenvalue weighted by Crippen LogP contribution is 2.23. The zero-order chi connectivity index (χ0) is 28.2. The number of rotatable bonds is 7. The van der Waals surface area contributed by atoms with Crippen molar-refractivity contribution in [3.05, 3.63) is 162 Å². The molecule has 0 unspecified atom stereocenters. The van der Waals surface area contributed by atoms with Crippen LogP contribution in [0.4, 0.5) is 5.69 Å². The Morgan fingerprint density at radius 2 is 1.17 bits per heavy atom. The summed E-state index contributed by atoms with van der Waals surface area (Å²) in [5, 5.41) is 10.3. The van der Waals surface area contributed by atoms with Gasteiger partial charge in [0.25, 0.3) is 5.82 Å². The highest BCUT2D eigenvalue weighted by Gasteiger charge is 2.34. The molecule has 1 N–H and O–H groups in total. The molecular weight excluding hydrogens is 502 g/mol. The Kier molecular flexibility index (Phi) is 7.25. The van der Waals surface area contributed by atoms with E-state index in [1.807, 2.05) is 53.2 Å². The summed E-state index contributed by atoms with van der Waals surface area (Å²) in [6.45, 7) is 6.30. The van der Waals surface area contributed by atoms with Gasteiger partial charge in [-0.15, -0.1) is 0 Å². The predicted molar refractivity (Wildman–Crippen MR) is 167 cm³/mol. The Morgan fingerprint density at radius 1 is 0.634 bits per heavy atom. The van der Waals surface area contributed by atoms with Gasteiger partial charge in [0.2, 0.25) is 0 Å². The van der Waals surface area contributed by atoms with Gasteiger partial charge in [0.05, 0.1) is 16.3 Å². The fourth-order valence-electron chi connectivity index (χ4n) is 4.75. The summed E-state index contributed by atoms with van der Waals surface area (Å²) < 4.78 is 4.21. The van der Waals surface area contributed by atoms with Gasteiger partial charge >= 0.3 is 5.82 Å². The molecule has 0 saturated carbocycles. The van der Waals surface area contributed by atoms with E-state index in [1.165, 1.54) is 16.7 Å². The molecule has 0 fully saturated rings. The van der Waals surface area contributed by atoms with Crippen LogP contribution in [0.15, 0.2) is 139 Å². The van der Waals surface area contributed by atoms with Crippen LogP contribution < -0.4 is 9.99 Å². The molecule has 0 radical (unpaired) electrons. The molecule has 0 saturated heterocycles. The van der Waals surface area contributed by atoms with Crippen LogP contribution in [0.25, 0.3) is 22.8 Å². The van der Waals surface area contributed by atoms with E-state index >= 15 is 0 Å². The second-order valence-corrected chi connectivity index (χ2v) is 10.2. The predicted octanol–water partition coefficient (Wildman–Crippen LogP) is 7.61. The number of hydrogen-bond acceptors (Lipinski definition) is 3. The van der Waals surface area contributed by atoms with Crippen molar-refractivity contribution in [2.75, 3.05) is 5.43 Å². The van der Waals surface area contributed by atoms with Gasteiger partial charge in [0.15, 0.2) is 5.71 Å². The van der Waals surface area contributed by atoms with Crippen LogP contribution in [0.2, 0.25) is 0 Å². The summed E-state index contributed by atoms with van der Waals surface area (Å²) in [7, 11) is 0. The molecule has 5 nitrogen and oxygen atoms in total. The monoisotopic (exact) mass is 534 g/mol. The number of hydrazone groups is 1. The minimum atomic E-state index is 0.768. The lowest BCUT2D eigenvalue weighted by Gasteiger charge is -2.11. The lowest BCUT2D eigenvalue weighted by molar-refractivity contribution is -0.586. The highest BCUT2D eigenvalue weighted by molar-refractivity contribution is 6.10. The first kappa shape index (κ1) is 26.0. The number of hydrogen-bond donors (Lipinski definition) is 1. The molecule has 41 heavy (non-hydrogen) atoms. The van der Waals surface area contributed by atoms with Crippen molar-refractivity contribution in [1.29, 1.82) is 0 Å². The van der Waals surface area contributed by atoms with Crippen molar-refractivity contribution in [1.82, 2.24) is 9.78 Å². The molecule has 0 amide bonds. The Hall–Kier alpha value is -5.29. The number of nitrogens with zero attached hydrogens (tertiary/aromatic N) is 4. The van der Waals surface area contributed by atoms with Crippen molar-refractivity contribution < 1.29 is 4.57 Å². The maximum atomic E-state index is 5.27. The smallest absolute Gasteiger partial charge is 0.278 e. The molecule has 0 aliphatic carbocycles. The van der Waals surface area contributed by atoms with Crippen LogP contribution in [0.5, 0.6) is 0 Å². The molecule has 200 valence electrons. The first-order chi connectivity index (χ1) is 20.1. The zero-order valence-corrected chi connectivity index (χ0v) is 23.5. The molecule has 5 heteroatoms. The first-order valence-corrected chi connectivity index (χ1v) is 13.8. The SMILES string of the molecule is Cc1ccc(/C(=N\Nc2ccccc2)c2n(-c3ccccc3)nc(-c3ccc(C)cc3)[n+]2-c2ccc(C)cc2)cc1. The van der Waals surface area contributed by atoms with Crippen LogP contribution in [0, 0.1) is 20.8 Å². The van der Waals surface area contributed by atoms with Gasteiger partial charge in [0, 0.05) is 5.56 Å². The maximum absolute atomic E-state index is 5.27. The van der Waals surface area contributed by atoms with Gasteiger partial charge in [-0.2, -0.15) is 9.67 Å². The fourth-order valence-corrected chi connectivity index (χ4v) is 4.75. The highest BCUT2D eigenvalue weighted by atomic mass is 15.4. The number of aryl methyl sites for hydroxylation is 3. The molecule has 1 heterocycles. The molecule has 6 rings (SSSR count). The molecule has 1 aromatic heterocycles. The van der Waals surface area contributed by atoms with Crippen LogP contribution in [-0.2, 0) is 0 Å². The van der Waals surface area contributed by atoms with Crippen molar-refractivity contribution in [2.45, 2.75) is 20.8 Å². The number of anilines is 1. The largest absolute Gasteiger partial charge is 0.314 e. The average molecular weight is 535 g/mol. The van der Waals surface area contributed by atoms with E-state index in [0.29, 0.717) is 0 Å². The molecule has 0 aliphatic rings. The summed E-state index contributed by atoms with van der Waals surface area (Å²) in [5.74, 6) is 1.66. The van der Waals surface area contributed by atoms with Gasteiger partial charge in [-0.05, 0) is 69.3 Å². The summed E-state index contributed by atoms with van der Waals surface area (Å²) >= 11 is 0. The Morgan fingerprint density at radius 3 is 1.78 bits per heavy atom. The molecule has 6 aromatic rings. The molecular formula is C36H32N5+. The van der Waals surface area contributed by atoms with E-state index in [4.69, 9.17) is 10.2 Å². The lowest BCUT2D eigenvalue weighted by Crippen LogP contribution is -2.40. The second-order valence-electron chi connectivity index (χ2n) is 10.2. The van der Waals surface area contributed by atoms with Crippen LogP contribution in [-0.4, -0.2) is 15.5 Å².